The minimum Gasteiger partial charge on any atom is -0.378 e. The number of nitrogens with one attached hydrogen (secondary N) is 1. The molecule has 0 saturated heterocycles. The quantitative estimate of drug-likeness (QED) is 0.609. The number of aryl methyl sites for hydroxylation is 1. The normalized spacial score (nSPS) is 10.5. The van der Waals surface area contributed by atoms with Crippen LogP contribution in [0, 0.1) is 6.92 Å². The van der Waals surface area contributed by atoms with Gasteiger partial charge in [-0.1, -0.05) is 35.2 Å². The molecule has 0 unspecified atom stereocenters. The third-order valence-electron chi connectivity index (χ3n) is 3.91. The predicted molar refractivity (Wildman–Crippen MR) is 112 cm³/mol. The third kappa shape index (κ3) is 4.75. The fraction of sp³-hybridized carbons (Fsp3) is 0.150. The first-order valence-electron chi connectivity index (χ1n) is 8.24. The second-order valence-corrected chi connectivity index (χ2v) is 8.50. The molecule has 138 valence electrons. The van der Waals surface area contributed by atoms with Crippen molar-refractivity contribution >= 4 is 46.1 Å². The van der Waals surface area contributed by atoms with E-state index in [1.165, 1.54) is 23.1 Å². The van der Waals surface area contributed by atoms with Gasteiger partial charge in [0, 0.05) is 35.8 Å². The second kappa shape index (κ2) is 8.37. The van der Waals surface area contributed by atoms with Gasteiger partial charge in [0.1, 0.15) is 6.29 Å². The van der Waals surface area contributed by atoms with E-state index in [-0.39, 0.29) is 5.91 Å². The van der Waals surface area contributed by atoms with Crippen LogP contribution in [0.3, 0.4) is 0 Å². The largest absolute Gasteiger partial charge is 0.378 e. The molecule has 0 aliphatic rings. The van der Waals surface area contributed by atoms with Crippen molar-refractivity contribution in [1.29, 1.82) is 0 Å². The Morgan fingerprint density at radius 2 is 1.93 bits per heavy atom. The van der Waals surface area contributed by atoms with Crippen LogP contribution in [0.25, 0.3) is 0 Å². The van der Waals surface area contributed by atoms with Crippen LogP contribution in [-0.2, 0) is 0 Å². The molecule has 1 N–H and O–H groups in total. The molecule has 5 nitrogen and oxygen atoms in total. The van der Waals surface area contributed by atoms with Crippen molar-refractivity contribution in [3.8, 4) is 0 Å². The monoisotopic (exact) mass is 397 g/mol. The molecule has 1 heterocycles. The van der Waals surface area contributed by atoms with Gasteiger partial charge in [-0.25, -0.2) is 4.98 Å². The lowest BCUT2D eigenvalue weighted by molar-refractivity contribution is 0.102. The molecular weight excluding hydrogens is 378 g/mol. The van der Waals surface area contributed by atoms with Gasteiger partial charge in [0.05, 0.1) is 10.4 Å². The van der Waals surface area contributed by atoms with Gasteiger partial charge >= 0.3 is 0 Å². The molecule has 1 amide bonds. The summed E-state index contributed by atoms with van der Waals surface area (Å²) in [6.07, 6.45) is 2.57. The van der Waals surface area contributed by atoms with E-state index in [0.29, 0.717) is 16.3 Å². The molecule has 3 rings (SSSR count). The molecule has 7 heteroatoms. The summed E-state index contributed by atoms with van der Waals surface area (Å²) in [5, 5.41) is 3.38. The molecule has 2 aromatic carbocycles. The summed E-state index contributed by atoms with van der Waals surface area (Å²) < 4.78 is 0.944. The number of hydrogen-bond donors (Lipinski definition) is 1. The number of carbonyl (C=O) groups excluding carboxylic acids is 2. The van der Waals surface area contributed by atoms with Crippen LogP contribution in [0.1, 0.15) is 26.3 Å². The highest BCUT2D eigenvalue weighted by Gasteiger charge is 2.11. The molecule has 1 aromatic heterocycles. The zero-order chi connectivity index (χ0) is 19.4. The van der Waals surface area contributed by atoms with Crippen LogP contribution in [0.5, 0.6) is 0 Å². The van der Waals surface area contributed by atoms with Crippen molar-refractivity contribution in [3.05, 3.63) is 65.4 Å². The molecule has 0 radical (unpaired) electrons. The van der Waals surface area contributed by atoms with E-state index < -0.39 is 0 Å². The predicted octanol–water partition coefficient (Wildman–Crippen LogP) is 4.73. The molecule has 0 aliphatic carbocycles. The van der Waals surface area contributed by atoms with Crippen molar-refractivity contribution in [1.82, 2.24) is 4.98 Å². The summed E-state index contributed by atoms with van der Waals surface area (Å²) >= 11 is 2.94. The summed E-state index contributed by atoms with van der Waals surface area (Å²) in [5.41, 5.74) is 3.35. The smallest absolute Gasteiger partial charge is 0.257 e. The van der Waals surface area contributed by atoms with Crippen molar-refractivity contribution in [3.63, 3.8) is 0 Å². The molecule has 0 saturated carbocycles. The van der Waals surface area contributed by atoms with Crippen molar-refractivity contribution in [2.24, 2.45) is 0 Å². The van der Waals surface area contributed by atoms with Gasteiger partial charge in [-0.05, 0) is 42.8 Å². The number of aldehydes is 1. The highest BCUT2D eigenvalue weighted by Crippen LogP contribution is 2.36. The Bertz CT molecular complexity index is 966. The van der Waals surface area contributed by atoms with E-state index >= 15 is 0 Å². The number of amides is 1. The third-order valence-corrected chi connectivity index (χ3v) is 6.08. The lowest BCUT2D eigenvalue weighted by Gasteiger charge is -2.12. The highest BCUT2D eigenvalue weighted by atomic mass is 32.2. The van der Waals surface area contributed by atoms with Gasteiger partial charge in [-0.15, -0.1) is 0 Å². The number of benzene rings is 2. The zero-order valence-corrected chi connectivity index (χ0v) is 16.9. The summed E-state index contributed by atoms with van der Waals surface area (Å²) in [4.78, 5) is 30.6. The Hall–Kier alpha value is -2.64. The maximum Gasteiger partial charge on any atom is 0.257 e. The Morgan fingerprint density at radius 3 is 2.59 bits per heavy atom. The van der Waals surface area contributed by atoms with Crippen molar-refractivity contribution in [2.45, 2.75) is 16.0 Å². The Morgan fingerprint density at radius 1 is 1.19 bits per heavy atom. The fourth-order valence-corrected chi connectivity index (χ4v) is 4.32. The molecule has 3 aromatic rings. The Kier molecular flexibility index (Phi) is 5.93. The number of anilines is 2. The van der Waals surface area contributed by atoms with Crippen LogP contribution < -0.4 is 10.2 Å². The first kappa shape index (κ1) is 19.1. The maximum atomic E-state index is 12.4. The minimum atomic E-state index is -0.190. The summed E-state index contributed by atoms with van der Waals surface area (Å²) in [5.74, 6) is -0.190. The highest BCUT2D eigenvalue weighted by molar-refractivity contribution is 8.01. The van der Waals surface area contributed by atoms with E-state index in [1.807, 2.05) is 50.2 Å². The van der Waals surface area contributed by atoms with Crippen LogP contribution >= 0.6 is 23.1 Å². The van der Waals surface area contributed by atoms with E-state index in [9.17, 15) is 9.59 Å². The van der Waals surface area contributed by atoms with Gasteiger partial charge in [-0.2, -0.15) is 0 Å². The minimum absolute atomic E-state index is 0.190. The standard InChI is InChI=1S/C20H19N3O2S2/c1-13-4-5-14(12-24)10-17(13)26-18-11-21-20(27-18)22-19(25)15-6-8-16(9-7-15)23(2)3/h4-12H,1-3H3,(H,21,22,25). The van der Waals surface area contributed by atoms with E-state index in [0.717, 1.165) is 26.6 Å². The lowest BCUT2D eigenvalue weighted by atomic mass is 10.2. The van der Waals surface area contributed by atoms with Gasteiger partial charge in [0.2, 0.25) is 0 Å². The Balaban J connectivity index is 1.69. The first-order chi connectivity index (χ1) is 13.0. The maximum absolute atomic E-state index is 12.4. The second-order valence-electron chi connectivity index (χ2n) is 6.12. The van der Waals surface area contributed by atoms with Crippen molar-refractivity contribution < 1.29 is 9.59 Å². The van der Waals surface area contributed by atoms with Crippen molar-refractivity contribution in [2.75, 3.05) is 24.3 Å². The lowest BCUT2D eigenvalue weighted by Crippen LogP contribution is -2.12. The van der Waals surface area contributed by atoms with E-state index in [1.54, 1.807) is 24.4 Å². The molecule has 27 heavy (non-hydrogen) atoms. The molecule has 0 spiro atoms. The average molecular weight is 398 g/mol. The molecular formula is C20H19N3O2S2. The SMILES string of the molecule is Cc1ccc(C=O)cc1Sc1cnc(NC(=O)c2ccc(N(C)C)cc2)s1. The Labute approximate surface area is 166 Å². The van der Waals surface area contributed by atoms with Crippen LogP contribution in [0.2, 0.25) is 0 Å². The zero-order valence-electron chi connectivity index (χ0n) is 15.2. The summed E-state index contributed by atoms with van der Waals surface area (Å²) in [6.45, 7) is 2.00. The van der Waals surface area contributed by atoms with Crippen LogP contribution in [-0.4, -0.2) is 31.3 Å². The average Bonchev–Trinajstić information content (AvgIpc) is 3.10. The molecule has 0 bridgehead atoms. The number of rotatable bonds is 6. The van der Waals surface area contributed by atoms with E-state index in [4.69, 9.17) is 0 Å². The summed E-state index contributed by atoms with van der Waals surface area (Å²) in [7, 11) is 3.91. The fourth-order valence-electron chi connectivity index (χ4n) is 2.35. The molecule has 0 fully saturated rings. The van der Waals surface area contributed by atoms with Crippen LogP contribution in [0.15, 0.2) is 57.8 Å². The van der Waals surface area contributed by atoms with Gasteiger partial charge < -0.3 is 4.90 Å². The van der Waals surface area contributed by atoms with Crippen LogP contribution in [0.4, 0.5) is 10.8 Å². The number of nitrogens with zero attached hydrogens (tertiary/aromatic N) is 2. The van der Waals surface area contributed by atoms with Gasteiger partial charge in [0.15, 0.2) is 5.13 Å². The summed E-state index contributed by atoms with van der Waals surface area (Å²) in [6, 6.07) is 13.0. The number of thiazole rings is 1. The van der Waals surface area contributed by atoms with E-state index in [2.05, 4.69) is 10.3 Å². The van der Waals surface area contributed by atoms with Gasteiger partial charge in [-0.3, -0.25) is 14.9 Å². The molecule has 0 aliphatic heterocycles. The number of aromatic nitrogens is 1. The van der Waals surface area contributed by atoms with Gasteiger partial charge in [0.25, 0.3) is 5.91 Å². The molecule has 0 atom stereocenters. The topological polar surface area (TPSA) is 62.3 Å². The number of carbonyl (C=O) groups is 2. The number of hydrogen-bond acceptors (Lipinski definition) is 6. The first-order valence-corrected chi connectivity index (χ1v) is 9.88.